The van der Waals surface area contributed by atoms with Gasteiger partial charge in [-0.05, 0) is 95.5 Å². The lowest BCUT2D eigenvalue weighted by Crippen LogP contribution is -2.09. The van der Waals surface area contributed by atoms with E-state index in [9.17, 15) is 0 Å². The maximum absolute atomic E-state index is 6.55. The van der Waals surface area contributed by atoms with Crippen molar-refractivity contribution < 1.29 is 8.83 Å². The van der Waals surface area contributed by atoms with Crippen molar-refractivity contribution in [3.63, 3.8) is 0 Å². The summed E-state index contributed by atoms with van der Waals surface area (Å²) in [5.41, 5.74) is 17.3. The van der Waals surface area contributed by atoms with Gasteiger partial charge < -0.3 is 13.7 Å². The molecule has 9 aromatic rings. The zero-order chi connectivity index (χ0) is 37.7. The number of rotatable bonds is 7. The van der Waals surface area contributed by atoms with Gasteiger partial charge in [-0.1, -0.05) is 140 Å². The predicted octanol–water partition coefficient (Wildman–Crippen LogP) is 15.2. The average molecular weight is 736 g/mol. The maximum Gasteiger partial charge on any atom is 0.142 e. The topological polar surface area (TPSA) is 29.5 Å². The maximum atomic E-state index is 6.55. The van der Waals surface area contributed by atoms with Crippen molar-refractivity contribution in [3.05, 3.63) is 193 Å². The summed E-state index contributed by atoms with van der Waals surface area (Å²) in [4.78, 5) is 2.35. The summed E-state index contributed by atoms with van der Waals surface area (Å²) in [6.07, 6.45) is 11.0. The predicted molar refractivity (Wildman–Crippen MR) is 236 cm³/mol. The molecule has 0 unspecified atom stereocenters. The molecule has 0 saturated carbocycles. The number of para-hydroxylation sites is 2. The van der Waals surface area contributed by atoms with E-state index in [2.05, 4.69) is 181 Å². The zero-order valence-electron chi connectivity index (χ0n) is 31.7. The van der Waals surface area contributed by atoms with Crippen LogP contribution in [-0.2, 0) is 19.3 Å². The van der Waals surface area contributed by atoms with Crippen LogP contribution < -0.4 is 4.90 Å². The molecule has 0 atom stereocenters. The van der Waals surface area contributed by atoms with Crippen LogP contribution in [0, 0.1) is 0 Å². The molecule has 57 heavy (non-hydrogen) atoms. The van der Waals surface area contributed by atoms with Crippen molar-refractivity contribution in [3.8, 4) is 44.5 Å². The first-order valence-electron chi connectivity index (χ1n) is 20.3. The summed E-state index contributed by atoms with van der Waals surface area (Å²) in [7, 11) is 0. The number of hydrogen-bond acceptors (Lipinski definition) is 3. The van der Waals surface area contributed by atoms with Crippen molar-refractivity contribution in [2.45, 2.75) is 38.5 Å². The van der Waals surface area contributed by atoms with Gasteiger partial charge in [0.2, 0.25) is 0 Å². The van der Waals surface area contributed by atoms with Crippen molar-refractivity contribution in [1.82, 2.24) is 0 Å². The Morgan fingerprint density at radius 1 is 0.386 bits per heavy atom. The van der Waals surface area contributed by atoms with Gasteiger partial charge in [0.1, 0.15) is 22.7 Å². The Morgan fingerprint density at radius 3 is 1.49 bits per heavy atom. The Morgan fingerprint density at radius 2 is 0.877 bits per heavy atom. The van der Waals surface area contributed by atoms with Crippen LogP contribution in [0.1, 0.15) is 41.9 Å². The van der Waals surface area contributed by atoms with E-state index in [1.54, 1.807) is 0 Å². The van der Waals surface area contributed by atoms with Crippen LogP contribution in [0.4, 0.5) is 17.1 Å². The highest BCUT2D eigenvalue weighted by Crippen LogP contribution is 2.42. The van der Waals surface area contributed by atoms with Crippen LogP contribution in [0.25, 0.3) is 72.5 Å². The van der Waals surface area contributed by atoms with E-state index in [-0.39, 0.29) is 0 Å². The van der Waals surface area contributed by atoms with Crippen LogP contribution in [-0.4, -0.2) is 0 Å². The summed E-state index contributed by atoms with van der Waals surface area (Å²) >= 11 is 0. The Bertz CT molecular complexity index is 2910. The van der Waals surface area contributed by atoms with E-state index in [1.165, 1.54) is 62.8 Å². The summed E-state index contributed by atoms with van der Waals surface area (Å²) in [6, 6.07) is 59.3. The number of hydrogen-bond donors (Lipinski definition) is 0. The van der Waals surface area contributed by atoms with Gasteiger partial charge in [0.15, 0.2) is 0 Å². The summed E-state index contributed by atoms with van der Waals surface area (Å²) < 4.78 is 13.0. The third-order valence-electron chi connectivity index (χ3n) is 12.0. The minimum absolute atomic E-state index is 0.948. The SMILES string of the molecule is C1=Cc2c(oc3c(-c4ccc(N(c5ccc(-c6ccc(-c7ccccc7)cc6)cc5)c5ccc(-c6cccc7c8c(oc67)CCCC8)cc5)cc4)cccc23)CC1. The fourth-order valence-electron chi connectivity index (χ4n) is 9.03. The molecule has 2 aromatic heterocycles. The number of benzene rings is 7. The molecule has 0 saturated heterocycles. The molecule has 274 valence electrons. The normalized spacial score (nSPS) is 13.5. The van der Waals surface area contributed by atoms with Gasteiger partial charge >= 0.3 is 0 Å². The van der Waals surface area contributed by atoms with Gasteiger partial charge in [0.05, 0.1) is 0 Å². The van der Waals surface area contributed by atoms with Crippen molar-refractivity contribution in [2.24, 2.45) is 0 Å². The third-order valence-corrected chi connectivity index (χ3v) is 12.0. The molecule has 0 radical (unpaired) electrons. The fourth-order valence-corrected chi connectivity index (χ4v) is 9.03. The molecule has 0 amide bonds. The second kappa shape index (κ2) is 14.0. The van der Waals surface area contributed by atoms with Gasteiger partial charge in [-0.2, -0.15) is 0 Å². The van der Waals surface area contributed by atoms with Crippen molar-refractivity contribution in [1.29, 1.82) is 0 Å². The standard InChI is InChI=1S/C54H41NO2/c1-2-10-36(11-3-1)37-20-22-38(23-21-37)39-24-30-42(31-25-39)55(43-32-26-40(27-33-43)45-14-8-16-49-47-12-4-6-18-51(47)56-53(45)49)44-34-28-41(29-35-44)46-15-9-17-50-48-13-5-7-19-52(48)57-54(46)50/h1-4,8-12,14-17,20-35H,5-7,13,18-19H2. The first kappa shape index (κ1) is 33.5. The first-order valence-corrected chi connectivity index (χ1v) is 20.3. The first-order chi connectivity index (χ1) is 28.2. The molecule has 2 aliphatic carbocycles. The summed E-state index contributed by atoms with van der Waals surface area (Å²) in [5, 5.41) is 2.45. The Kier molecular flexibility index (Phi) is 8.24. The molecule has 0 fully saturated rings. The largest absolute Gasteiger partial charge is 0.460 e. The lowest BCUT2D eigenvalue weighted by Gasteiger charge is -2.26. The molecule has 7 aromatic carbocycles. The number of furan rings is 2. The number of aryl methyl sites for hydroxylation is 3. The van der Waals surface area contributed by atoms with E-state index >= 15 is 0 Å². The van der Waals surface area contributed by atoms with Gasteiger partial charge in [0, 0.05) is 62.9 Å². The monoisotopic (exact) mass is 735 g/mol. The molecule has 0 bridgehead atoms. The molecular formula is C54H41NO2. The number of anilines is 3. The van der Waals surface area contributed by atoms with Gasteiger partial charge in [-0.25, -0.2) is 0 Å². The molecule has 0 spiro atoms. The second-order valence-corrected chi connectivity index (χ2v) is 15.4. The fraction of sp³-hybridized carbons (Fsp3) is 0.111. The van der Waals surface area contributed by atoms with Crippen LogP contribution in [0.5, 0.6) is 0 Å². The van der Waals surface area contributed by atoms with Crippen LogP contribution in [0.15, 0.2) is 179 Å². The van der Waals surface area contributed by atoms with E-state index in [0.717, 1.165) is 81.9 Å². The van der Waals surface area contributed by atoms with Crippen molar-refractivity contribution in [2.75, 3.05) is 4.90 Å². The minimum Gasteiger partial charge on any atom is -0.460 e. The zero-order valence-corrected chi connectivity index (χ0v) is 31.7. The van der Waals surface area contributed by atoms with Crippen molar-refractivity contribution >= 4 is 45.1 Å². The van der Waals surface area contributed by atoms with E-state index in [0.29, 0.717) is 0 Å². The van der Waals surface area contributed by atoms with E-state index in [1.807, 2.05) is 0 Å². The molecule has 11 rings (SSSR count). The van der Waals surface area contributed by atoms with Crippen LogP contribution >= 0.6 is 0 Å². The highest BCUT2D eigenvalue weighted by molar-refractivity contribution is 5.99. The highest BCUT2D eigenvalue weighted by atomic mass is 16.3. The van der Waals surface area contributed by atoms with Crippen LogP contribution in [0.3, 0.4) is 0 Å². The quantitative estimate of drug-likeness (QED) is 0.163. The third kappa shape index (κ3) is 5.98. The Balaban J connectivity index is 0.959. The summed E-state index contributed by atoms with van der Waals surface area (Å²) in [5.74, 6) is 2.26. The minimum atomic E-state index is 0.948. The molecular weight excluding hydrogens is 695 g/mol. The lowest BCUT2D eigenvalue weighted by atomic mass is 9.94. The Labute approximate surface area is 333 Å². The Hall–Kier alpha value is -6.84. The van der Waals surface area contributed by atoms with Gasteiger partial charge in [0.25, 0.3) is 0 Å². The molecule has 2 heterocycles. The lowest BCUT2D eigenvalue weighted by molar-refractivity contribution is 0.506. The number of fused-ring (bicyclic) bond motifs is 6. The van der Waals surface area contributed by atoms with E-state index in [4.69, 9.17) is 8.83 Å². The smallest absolute Gasteiger partial charge is 0.142 e. The van der Waals surface area contributed by atoms with Gasteiger partial charge in [-0.3, -0.25) is 0 Å². The van der Waals surface area contributed by atoms with Gasteiger partial charge in [-0.15, -0.1) is 0 Å². The molecule has 0 aliphatic heterocycles. The molecule has 3 heteroatoms. The van der Waals surface area contributed by atoms with Crippen LogP contribution in [0.2, 0.25) is 0 Å². The number of allylic oxidation sites excluding steroid dienone is 1. The second-order valence-electron chi connectivity index (χ2n) is 15.4. The summed E-state index contributed by atoms with van der Waals surface area (Å²) in [6.45, 7) is 0. The van der Waals surface area contributed by atoms with E-state index < -0.39 is 0 Å². The molecule has 0 N–H and O–H groups in total. The molecule has 3 nitrogen and oxygen atoms in total. The molecule has 2 aliphatic rings. The highest BCUT2D eigenvalue weighted by Gasteiger charge is 2.21. The average Bonchev–Trinajstić information content (AvgIpc) is 3.87. The number of nitrogens with zero attached hydrogens (tertiary/aromatic N) is 1.